The summed E-state index contributed by atoms with van der Waals surface area (Å²) in [6, 6.07) is 9.83. The van der Waals surface area contributed by atoms with Crippen molar-refractivity contribution in [1.29, 1.82) is 0 Å². The summed E-state index contributed by atoms with van der Waals surface area (Å²) in [5.74, 6) is -0.361. The number of fused-ring (bicyclic) bond motifs is 1. The summed E-state index contributed by atoms with van der Waals surface area (Å²) in [5.41, 5.74) is 3.00. The molecule has 4 heterocycles. The first-order valence-electron chi connectivity index (χ1n) is 11.3. The fourth-order valence-corrected chi connectivity index (χ4v) is 5.30. The number of hydrogen-bond donors (Lipinski definition) is 2. The monoisotopic (exact) mass is 640 g/mol. The third-order valence-corrected chi connectivity index (χ3v) is 7.10. The molecule has 3 aromatic heterocycles. The molecule has 0 aliphatic carbocycles. The van der Waals surface area contributed by atoms with E-state index in [4.69, 9.17) is 9.26 Å². The molecule has 4 aromatic rings. The highest BCUT2D eigenvalue weighted by Gasteiger charge is 2.20. The van der Waals surface area contributed by atoms with Crippen molar-refractivity contribution in [1.82, 2.24) is 14.1 Å². The number of ether oxygens (including phenoxy) is 1. The van der Waals surface area contributed by atoms with Crippen LogP contribution < -0.4 is 10.5 Å². The number of phosphoric ester groups is 1. The van der Waals surface area contributed by atoms with Crippen LogP contribution in [-0.4, -0.2) is 50.2 Å². The Kier molecular flexibility index (Phi) is 7.48. The van der Waals surface area contributed by atoms with Crippen molar-refractivity contribution in [3.05, 3.63) is 80.3 Å². The average Bonchev–Trinajstić information content (AvgIpc) is 3.21. The van der Waals surface area contributed by atoms with Gasteiger partial charge in [-0.15, -0.1) is 0 Å². The summed E-state index contributed by atoms with van der Waals surface area (Å²) in [6.45, 7) is 2.42. The van der Waals surface area contributed by atoms with Gasteiger partial charge in [0, 0.05) is 46.1 Å². The second kappa shape index (κ2) is 10.6. The Bertz CT molecular complexity index is 1540. The number of benzene rings is 1. The number of nitrogens with zero attached hydrogens (tertiary/aromatic N) is 4. The molecule has 0 saturated carbocycles. The van der Waals surface area contributed by atoms with Crippen molar-refractivity contribution in [2.75, 3.05) is 31.2 Å². The summed E-state index contributed by atoms with van der Waals surface area (Å²) >= 11 is 2.03. The fourth-order valence-electron chi connectivity index (χ4n) is 4.33. The molecule has 1 saturated heterocycles. The first-order valence-corrected chi connectivity index (χ1v) is 13.9. The normalized spacial score (nSPS) is 14.4. The van der Waals surface area contributed by atoms with Crippen LogP contribution in [0.4, 0.5) is 10.1 Å². The molecule has 1 aromatic carbocycles. The molecule has 0 bridgehead atoms. The van der Waals surface area contributed by atoms with Gasteiger partial charge in [0.1, 0.15) is 18.2 Å². The number of phosphoric acid groups is 1. The van der Waals surface area contributed by atoms with Gasteiger partial charge in [0.15, 0.2) is 0 Å². The highest BCUT2D eigenvalue weighted by atomic mass is 127. The molecular weight excluding hydrogens is 617 g/mol. The van der Waals surface area contributed by atoms with Gasteiger partial charge >= 0.3 is 7.82 Å². The SMILES string of the molecule is O=c1cc(-c2cn(COP(=O)(O)O)c3ncc(N4CCOCC4)cc23)ccn1Cc1cc(F)cc(I)c1. The van der Waals surface area contributed by atoms with Gasteiger partial charge in [0.2, 0.25) is 0 Å². The van der Waals surface area contributed by atoms with Crippen LogP contribution in [0.1, 0.15) is 5.56 Å². The zero-order valence-corrected chi connectivity index (χ0v) is 22.5. The number of pyridine rings is 2. The van der Waals surface area contributed by atoms with Gasteiger partial charge in [-0.1, -0.05) is 0 Å². The first-order chi connectivity index (χ1) is 17.7. The zero-order chi connectivity index (χ0) is 26.2. The lowest BCUT2D eigenvalue weighted by atomic mass is 10.1. The van der Waals surface area contributed by atoms with E-state index in [1.54, 1.807) is 24.7 Å². The van der Waals surface area contributed by atoms with Gasteiger partial charge in [-0.25, -0.2) is 13.9 Å². The van der Waals surface area contributed by atoms with E-state index in [1.165, 1.54) is 27.3 Å². The Balaban J connectivity index is 1.54. The smallest absolute Gasteiger partial charge is 0.378 e. The van der Waals surface area contributed by atoms with E-state index in [0.29, 0.717) is 54.0 Å². The number of hydrogen-bond acceptors (Lipinski definition) is 6. The Morgan fingerprint density at radius 3 is 2.62 bits per heavy atom. The predicted molar refractivity (Wildman–Crippen MR) is 144 cm³/mol. The van der Waals surface area contributed by atoms with E-state index >= 15 is 0 Å². The van der Waals surface area contributed by atoms with Crippen LogP contribution >= 0.6 is 30.4 Å². The zero-order valence-electron chi connectivity index (χ0n) is 19.5. The highest BCUT2D eigenvalue weighted by Crippen LogP contribution is 2.38. The minimum atomic E-state index is -4.71. The van der Waals surface area contributed by atoms with E-state index in [0.717, 1.165) is 9.26 Å². The number of rotatable bonds is 7. The van der Waals surface area contributed by atoms with Gasteiger partial charge in [-0.3, -0.25) is 9.32 Å². The molecular formula is C24H23FIN4O6P. The quantitative estimate of drug-likeness (QED) is 0.233. The van der Waals surface area contributed by atoms with Crippen LogP contribution in [-0.2, 0) is 27.1 Å². The first kappa shape index (κ1) is 26.0. The maximum absolute atomic E-state index is 13.8. The van der Waals surface area contributed by atoms with Crippen molar-refractivity contribution in [3.63, 3.8) is 0 Å². The lowest BCUT2D eigenvalue weighted by Gasteiger charge is -2.28. The van der Waals surface area contributed by atoms with Crippen LogP contribution in [0.15, 0.2) is 59.8 Å². The number of aromatic nitrogens is 3. The van der Waals surface area contributed by atoms with E-state index in [9.17, 15) is 23.5 Å². The molecule has 1 aliphatic rings. The van der Waals surface area contributed by atoms with E-state index in [-0.39, 0.29) is 17.9 Å². The van der Waals surface area contributed by atoms with Crippen LogP contribution in [0, 0.1) is 9.39 Å². The standard InChI is InChI=1S/C24H23FIN4O6P/c25-18-7-16(8-19(26)10-18)13-29-2-1-17(9-23(29)31)22-14-30(15-36-37(32,33)34)24-21(22)11-20(12-27-24)28-3-5-35-6-4-28/h1-2,7-12,14H,3-6,13,15H2,(H2,32,33,34). The predicted octanol–water partition coefficient (Wildman–Crippen LogP) is 3.56. The van der Waals surface area contributed by atoms with Crippen molar-refractivity contribution < 1.29 is 28.0 Å². The third-order valence-electron chi connectivity index (χ3n) is 6.02. The molecule has 2 N–H and O–H groups in total. The van der Waals surface area contributed by atoms with E-state index in [1.807, 2.05) is 34.7 Å². The van der Waals surface area contributed by atoms with Crippen LogP contribution in [0.3, 0.4) is 0 Å². The summed E-state index contributed by atoms with van der Waals surface area (Å²) in [4.78, 5) is 38.0. The molecule has 0 radical (unpaired) electrons. The molecule has 0 spiro atoms. The molecule has 0 unspecified atom stereocenters. The van der Waals surface area contributed by atoms with Crippen molar-refractivity contribution in [2.24, 2.45) is 0 Å². The Morgan fingerprint density at radius 1 is 1.14 bits per heavy atom. The topological polar surface area (TPSA) is 119 Å². The van der Waals surface area contributed by atoms with E-state index < -0.39 is 14.6 Å². The van der Waals surface area contributed by atoms with E-state index in [2.05, 4.69) is 9.88 Å². The molecule has 1 fully saturated rings. The number of anilines is 1. The van der Waals surface area contributed by atoms with Crippen molar-refractivity contribution >= 4 is 47.1 Å². The lowest BCUT2D eigenvalue weighted by molar-refractivity contribution is 0.122. The van der Waals surface area contributed by atoms with Crippen molar-refractivity contribution in [3.8, 4) is 11.1 Å². The van der Waals surface area contributed by atoms with Gasteiger partial charge in [0.25, 0.3) is 5.56 Å². The van der Waals surface area contributed by atoms with Gasteiger partial charge < -0.3 is 28.6 Å². The summed E-state index contributed by atoms with van der Waals surface area (Å²) in [7, 11) is -4.71. The van der Waals surface area contributed by atoms with Crippen LogP contribution in [0.5, 0.6) is 0 Å². The second-order valence-corrected chi connectivity index (χ2v) is 11.1. The maximum Gasteiger partial charge on any atom is 0.471 e. The maximum atomic E-state index is 13.8. The number of halogens is 2. The van der Waals surface area contributed by atoms with Gasteiger partial charge in [0.05, 0.1) is 31.6 Å². The molecule has 10 nitrogen and oxygen atoms in total. The largest absolute Gasteiger partial charge is 0.471 e. The Morgan fingerprint density at radius 2 is 1.92 bits per heavy atom. The average molecular weight is 640 g/mol. The lowest BCUT2D eigenvalue weighted by Crippen LogP contribution is -2.36. The fraction of sp³-hybridized carbons (Fsp3) is 0.250. The van der Waals surface area contributed by atoms with Crippen LogP contribution in [0.25, 0.3) is 22.2 Å². The molecule has 194 valence electrons. The van der Waals surface area contributed by atoms with Crippen LogP contribution in [0.2, 0.25) is 0 Å². The molecule has 0 atom stereocenters. The third kappa shape index (κ3) is 6.11. The summed E-state index contributed by atoms with van der Waals surface area (Å²) in [6.07, 6.45) is 5.00. The highest BCUT2D eigenvalue weighted by molar-refractivity contribution is 14.1. The molecule has 0 amide bonds. The van der Waals surface area contributed by atoms with Gasteiger partial charge in [-0.2, -0.15) is 0 Å². The summed E-state index contributed by atoms with van der Waals surface area (Å²) in [5, 5.41) is 0.704. The Hall–Kier alpha value is -2.61. The van der Waals surface area contributed by atoms with Gasteiger partial charge in [-0.05, 0) is 64.0 Å². The number of morpholine rings is 1. The molecule has 1 aliphatic heterocycles. The van der Waals surface area contributed by atoms with Crippen molar-refractivity contribution in [2.45, 2.75) is 13.3 Å². The minimum Gasteiger partial charge on any atom is -0.378 e. The molecule has 5 rings (SSSR count). The second-order valence-electron chi connectivity index (χ2n) is 8.58. The summed E-state index contributed by atoms with van der Waals surface area (Å²) < 4.78 is 39.0. The molecule has 13 heteroatoms. The minimum absolute atomic E-state index is 0.216. The molecule has 37 heavy (non-hydrogen) atoms. The Labute approximate surface area is 224 Å².